The van der Waals surface area contributed by atoms with Gasteiger partial charge >= 0.3 is 0 Å². The minimum Gasteiger partial charge on any atom is -0.288 e. The number of carbonyl (C=O) groups excluding carboxylic acids is 1. The van der Waals surface area contributed by atoms with Crippen LogP contribution in [-0.4, -0.2) is 17.6 Å². The molecule has 0 aromatic carbocycles. The first-order valence-corrected chi connectivity index (χ1v) is 4.09. The summed E-state index contributed by atoms with van der Waals surface area (Å²) in [6.45, 7) is 8.53. The molecule has 0 aliphatic carbocycles. The van der Waals surface area contributed by atoms with E-state index in [-0.39, 0.29) is 5.12 Å². The second-order valence-corrected chi connectivity index (χ2v) is 3.09. The van der Waals surface area contributed by atoms with Crippen molar-refractivity contribution in [3.63, 3.8) is 0 Å². The first kappa shape index (κ1) is 10.2. The lowest BCUT2D eigenvalue weighted by Gasteiger charge is -1.94. The minimum atomic E-state index is 0.103. The first-order chi connectivity index (χ1) is 5.16. The highest BCUT2D eigenvalue weighted by molar-refractivity contribution is 8.13. The molecule has 3 heteroatoms. The third kappa shape index (κ3) is 7.06. The van der Waals surface area contributed by atoms with Crippen LogP contribution in [0, 0.1) is 0 Å². The van der Waals surface area contributed by atoms with E-state index in [1.807, 2.05) is 0 Å². The van der Waals surface area contributed by atoms with Gasteiger partial charge in [0.2, 0.25) is 0 Å². The van der Waals surface area contributed by atoms with Gasteiger partial charge in [-0.15, -0.1) is 0 Å². The van der Waals surface area contributed by atoms with E-state index in [0.29, 0.717) is 5.75 Å². The van der Waals surface area contributed by atoms with Gasteiger partial charge in [0.15, 0.2) is 5.12 Å². The van der Waals surface area contributed by atoms with Crippen LogP contribution in [0.2, 0.25) is 0 Å². The summed E-state index contributed by atoms with van der Waals surface area (Å²) < 4.78 is 0. The molecule has 0 aromatic heterocycles. The van der Waals surface area contributed by atoms with E-state index in [0.717, 1.165) is 5.57 Å². The van der Waals surface area contributed by atoms with Gasteiger partial charge in [-0.1, -0.05) is 18.3 Å². The van der Waals surface area contributed by atoms with Gasteiger partial charge < -0.3 is 0 Å². The highest BCUT2D eigenvalue weighted by Crippen LogP contribution is 2.07. The first-order valence-electron chi connectivity index (χ1n) is 3.10. The molecule has 0 rings (SSSR count). The van der Waals surface area contributed by atoms with Crippen molar-refractivity contribution in [2.24, 2.45) is 4.99 Å². The molecular weight excluding hydrogens is 158 g/mol. The lowest BCUT2D eigenvalue weighted by Crippen LogP contribution is -1.86. The average molecular weight is 169 g/mol. The van der Waals surface area contributed by atoms with Crippen molar-refractivity contribution in [1.29, 1.82) is 0 Å². The van der Waals surface area contributed by atoms with Crippen LogP contribution < -0.4 is 0 Å². The molecule has 0 saturated heterocycles. The number of thioether (sulfide) groups is 1. The van der Waals surface area contributed by atoms with Gasteiger partial charge in [-0.3, -0.25) is 9.79 Å². The van der Waals surface area contributed by atoms with E-state index in [1.54, 1.807) is 12.3 Å². The quantitative estimate of drug-likeness (QED) is 0.476. The number of allylic oxidation sites excluding steroid dienone is 1. The summed E-state index contributed by atoms with van der Waals surface area (Å²) in [4.78, 5) is 14.0. The molecule has 0 unspecified atom stereocenters. The number of carbonyl (C=O) groups is 1. The number of hydrogen-bond acceptors (Lipinski definition) is 3. The molecule has 0 fully saturated rings. The van der Waals surface area contributed by atoms with Gasteiger partial charge in [0.25, 0.3) is 0 Å². The Morgan fingerprint density at radius 2 is 2.36 bits per heavy atom. The monoisotopic (exact) mass is 169 g/mol. The summed E-state index contributed by atoms with van der Waals surface area (Å²) in [5.74, 6) is 0.626. The van der Waals surface area contributed by atoms with Crippen molar-refractivity contribution in [2.75, 3.05) is 5.75 Å². The maximum absolute atomic E-state index is 10.5. The normalized spacial score (nSPS) is 9.91. The van der Waals surface area contributed by atoms with Crippen LogP contribution in [0.25, 0.3) is 0 Å². The topological polar surface area (TPSA) is 29.4 Å². The van der Waals surface area contributed by atoms with E-state index in [9.17, 15) is 4.79 Å². The van der Waals surface area contributed by atoms with Crippen molar-refractivity contribution in [2.45, 2.75) is 6.92 Å². The standard InChI is InChI=1S/C8H11NOS/c1-7(4-5-9-3)6-11-8(2)10/h4-5H,1,3,6H2,2H3/b5-4-. The Morgan fingerprint density at radius 1 is 1.73 bits per heavy atom. The lowest BCUT2D eigenvalue weighted by atomic mass is 10.3. The summed E-state index contributed by atoms with van der Waals surface area (Å²) in [5, 5.41) is 0.103. The van der Waals surface area contributed by atoms with Gasteiger partial charge in [0.05, 0.1) is 0 Å². The van der Waals surface area contributed by atoms with E-state index >= 15 is 0 Å². The molecule has 0 heterocycles. The van der Waals surface area contributed by atoms with Crippen LogP contribution >= 0.6 is 11.8 Å². The zero-order valence-electron chi connectivity index (χ0n) is 6.54. The zero-order chi connectivity index (χ0) is 8.69. The molecule has 0 radical (unpaired) electrons. The van der Waals surface area contributed by atoms with Gasteiger partial charge in [0.1, 0.15) is 0 Å². The Balaban J connectivity index is 3.61. The Hall–Kier alpha value is -0.830. The largest absolute Gasteiger partial charge is 0.288 e. The van der Waals surface area contributed by atoms with Crippen LogP contribution in [0.4, 0.5) is 0 Å². The second-order valence-electron chi connectivity index (χ2n) is 1.94. The maximum Gasteiger partial charge on any atom is 0.186 e. The van der Waals surface area contributed by atoms with Crippen LogP contribution in [0.1, 0.15) is 6.92 Å². The predicted octanol–water partition coefficient (Wildman–Crippen LogP) is 2.04. The molecule has 0 N–H and O–H groups in total. The van der Waals surface area contributed by atoms with E-state index < -0.39 is 0 Å². The highest BCUT2D eigenvalue weighted by atomic mass is 32.2. The van der Waals surface area contributed by atoms with Crippen molar-refractivity contribution >= 4 is 23.6 Å². The molecule has 60 valence electrons. The Labute approximate surface area is 71.1 Å². The van der Waals surface area contributed by atoms with Crippen molar-refractivity contribution in [3.8, 4) is 0 Å². The third-order valence-electron chi connectivity index (χ3n) is 0.876. The van der Waals surface area contributed by atoms with Crippen molar-refractivity contribution < 1.29 is 4.79 Å². The zero-order valence-corrected chi connectivity index (χ0v) is 7.36. The van der Waals surface area contributed by atoms with Gasteiger partial charge in [-0.05, 0) is 18.4 Å². The fraction of sp³-hybridized carbons (Fsp3) is 0.250. The molecular formula is C8H11NOS. The molecule has 0 atom stereocenters. The molecule has 0 saturated carbocycles. The van der Waals surface area contributed by atoms with Crippen LogP contribution in [0.3, 0.4) is 0 Å². The molecule has 0 aliphatic rings. The number of nitrogens with zero attached hydrogens (tertiary/aromatic N) is 1. The average Bonchev–Trinajstić information content (AvgIpc) is 1.97. The number of hydrogen-bond donors (Lipinski definition) is 0. The van der Waals surface area contributed by atoms with E-state index in [4.69, 9.17) is 0 Å². The molecule has 11 heavy (non-hydrogen) atoms. The van der Waals surface area contributed by atoms with Crippen LogP contribution in [0.5, 0.6) is 0 Å². The molecule has 0 amide bonds. The molecule has 2 nitrogen and oxygen atoms in total. The number of rotatable bonds is 4. The van der Waals surface area contributed by atoms with E-state index in [1.165, 1.54) is 18.7 Å². The smallest absolute Gasteiger partial charge is 0.186 e. The number of aliphatic imine (C=N–C) groups is 1. The van der Waals surface area contributed by atoms with Crippen LogP contribution in [0.15, 0.2) is 29.4 Å². The Bertz CT molecular complexity index is 196. The summed E-state index contributed by atoms with van der Waals surface area (Å²) in [5.41, 5.74) is 0.873. The summed E-state index contributed by atoms with van der Waals surface area (Å²) in [6, 6.07) is 0. The van der Waals surface area contributed by atoms with Crippen molar-refractivity contribution in [1.82, 2.24) is 0 Å². The summed E-state index contributed by atoms with van der Waals surface area (Å²) in [7, 11) is 0. The van der Waals surface area contributed by atoms with Crippen LogP contribution in [-0.2, 0) is 4.79 Å². The fourth-order valence-corrected chi connectivity index (χ4v) is 0.885. The van der Waals surface area contributed by atoms with Gasteiger partial charge in [0, 0.05) is 18.9 Å². The summed E-state index contributed by atoms with van der Waals surface area (Å²) in [6.07, 6.45) is 3.30. The molecule has 0 spiro atoms. The van der Waals surface area contributed by atoms with Gasteiger partial charge in [-0.25, -0.2) is 0 Å². The fourth-order valence-electron chi connectivity index (χ4n) is 0.401. The maximum atomic E-state index is 10.5. The second kappa shape index (κ2) is 5.92. The molecule has 0 bridgehead atoms. The third-order valence-corrected chi connectivity index (χ3v) is 1.80. The van der Waals surface area contributed by atoms with E-state index in [2.05, 4.69) is 18.3 Å². The SMILES string of the molecule is C=N/C=C\C(=C)CSC(C)=O. The van der Waals surface area contributed by atoms with Crippen molar-refractivity contribution in [3.05, 3.63) is 24.4 Å². The summed E-state index contributed by atoms with van der Waals surface area (Å²) >= 11 is 1.24. The Kier molecular flexibility index (Phi) is 5.47. The molecule has 0 aliphatic heterocycles. The minimum absolute atomic E-state index is 0.103. The Morgan fingerprint density at radius 3 is 2.82 bits per heavy atom. The lowest BCUT2D eigenvalue weighted by molar-refractivity contribution is -0.109. The predicted molar refractivity (Wildman–Crippen MR) is 51.0 cm³/mol. The highest BCUT2D eigenvalue weighted by Gasteiger charge is 1.93. The molecule has 0 aromatic rings. The van der Waals surface area contributed by atoms with Gasteiger partial charge in [-0.2, -0.15) is 0 Å².